The molecule has 0 saturated heterocycles. The van der Waals surface area contributed by atoms with Crippen LogP contribution in [0.3, 0.4) is 0 Å². The van der Waals surface area contributed by atoms with Crippen molar-refractivity contribution < 1.29 is 9.13 Å². The summed E-state index contributed by atoms with van der Waals surface area (Å²) in [6.45, 7) is 2.59. The Bertz CT molecular complexity index is 1000. The second-order valence-electron chi connectivity index (χ2n) is 6.54. The van der Waals surface area contributed by atoms with Gasteiger partial charge in [0.2, 0.25) is 0 Å². The first-order valence-electron chi connectivity index (χ1n) is 9.26. The van der Waals surface area contributed by atoms with Gasteiger partial charge < -0.3 is 4.74 Å². The smallest absolute Gasteiger partial charge is 0.128 e. The average Bonchev–Trinajstić information content (AvgIpc) is 3.14. The lowest BCUT2D eigenvalue weighted by atomic mass is 9.97. The standard InChI is InChI=1S/C23H20BrFN2O/c1-2-28-17-13-11-16(12-14-17)21-15-23(18-7-3-5-9-20(18)25)27(26-21)22-10-6-4-8-19(22)24/h3-14,23H,2,15H2,1H3/t23-/m0/s1. The molecule has 0 saturated carbocycles. The number of rotatable bonds is 5. The van der Waals surface area contributed by atoms with Crippen molar-refractivity contribution in [3.05, 3.63) is 94.2 Å². The fourth-order valence-electron chi connectivity index (χ4n) is 3.44. The second kappa shape index (κ2) is 8.15. The third kappa shape index (κ3) is 3.67. The van der Waals surface area contributed by atoms with Gasteiger partial charge in [0, 0.05) is 16.5 Å². The van der Waals surface area contributed by atoms with Gasteiger partial charge in [-0.05, 0) is 70.9 Å². The highest BCUT2D eigenvalue weighted by molar-refractivity contribution is 9.10. The van der Waals surface area contributed by atoms with E-state index in [0.29, 0.717) is 18.6 Å². The average molecular weight is 439 g/mol. The lowest BCUT2D eigenvalue weighted by molar-refractivity contribution is 0.340. The highest BCUT2D eigenvalue weighted by Gasteiger charge is 2.32. The molecule has 142 valence electrons. The number of anilines is 1. The van der Waals surface area contributed by atoms with Crippen molar-refractivity contribution in [2.75, 3.05) is 11.6 Å². The molecule has 3 aromatic carbocycles. The van der Waals surface area contributed by atoms with E-state index in [4.69, 9.17) is 9.84 Å². The Hall–Kier alpha value is -2.66. The first-order valence-corrected chi connectivity index (χ1v) is 10.1. The molecule has 1 heterocycles. The van der Waals surface area contributed by atoms with Gasteiger partial charge in [-0.2, -0.15) is 5.10 Å². The molecule has 0 aromatic heterocycles. The molecule has 4 rings (SSSR count). The maximum Gasteiger partial charge on any atom is 0.128 e. The summed E-state index contributed by atoms with van der Waals surface area (Å²) in [6.07, 6.45) is 0.621. The minimum absolute atomic E-state index is 0.207. The quantitative estimate of drug-likeness (QED) is 0.463. The predicted molar refractivity (Wildman–Crippen MR) is 115 cm³/mol. The summed E-state index contributed by atoms with van der Waals surface area (Å²) in [5.41, 5.74) is 3.49. The summed E-state index contributed by atoms with van der Waals surface area (Å²) in [7, 11) is 0. The third-order valence-corrected chi connectivity index (χ3v) is 5.44. The number of para-hydroxylation sites is 1. The summed E-state index contributed by atoms with van der Waals surface area (Å²) in [6, 6.07) is 22.5. The first-order chi connectivity index (χ1) is 13.7. The lowest BCUT2D eigenvalue weighted by Crippen LogP contribution is -2.20. The summed E-state index contributed by atoms with van der Waals surface area (Å²) in [5.74, 6) is 0.617. The molecule has 3 aromatic rings. The zero-order valence-electron chi connectivity index (χ0n) is 15.5. The van der Waals surface area contributed by atoms with Crippen LogP contribution in [-0.2, 0) is 0 Å². The SMILES string of the molecule is CCOc1ccc(C2=NN(c3ccccc3Br)[C@H](c3ccccc3F)C2)cc1. The summed E-state index contributed by atoms with van der Waals surface area (Å²) >= 11 is 3.61. The number of hydrazone groups is 1. The van der Waals surface area contributed by atoms with Crippen molar-refractivity contribution in [2.24, 2.45) is 5.10 Å². The zero-order valence-corrected chi connectivity index (χ0v) is 17.1. The molecule has 0 radical (unpaired) electrons. The highest BCUT2D eigenvalue weighted by atomic mass is 79.9. The molecule has 1 aliphatic rings. The summed E-state index contributed by atoms with van der Waals surface area (Å²) in [4.78, 5) is 0. The normalized spacial score (nSPS) is 16.2. The molecular formula is C23H20BrFN2O. The maximum absolute atomic E-state index is 14.6. The van der Waals surface area contributed by atoms with Crippen molar-refractivity contribution >= 4 is 27.3 Å². The van der Waals surface area contributed by atoms with Gasteiger partial charge in [0.05, 0.1) is 24.0 Å². The Morgan fingerprint density at radius 2 is 1.75 bits per heavy atom. The van der Waals surface area contributed by atoms with Gasteiger partial charge in [0.15, 0.2) is 0 Å². The van der Waals surface area contributed by atoms with Crippen LogP contribution in [0.4, 0.5) is 10.1 Å². The molecule has 0 bridgehead atoms. The Labute approximate surface area is 172 Å². The number of hydrogen-bond donors (Lipinski definition) is 0. The minimum Gasteiger partial charge on any atom is -0.494 e. The predicted octanol–water partition coefficient (Wildman–Crippen LogP) is 6.34. The van der Waals surface area contributed by atoms with Crippen LogP contribution in [0.15, 0.2) is 82.4 Å². The van der Waals surface area contributed by atoms with E-state index in [1.807, 2.05) is 72.6 Å². The largest absolute Gasteiger partial charge is 0.494 e. The molecule has 0 spiro atoms. The molecule has 0 fully saturated rings. The second-order valence-corrected chi connectivity index (χ2v) is 7.40. The van der Waals surface area contributed by atoms with E-state index in [0.717, 1.165) is 27.2 Å². The molecule has 0 aliphatic carbocycles. The van der Waals surface area contributed by atoms with Gasteiger partial charge >= 0.3 is 0 Å². The van der Waals surface area contributed by atoms with E-state index in [9.17, 15) is 4.39 Å². The molecule has 28 heavy (non-hydrogen) atoms. The Kier molecular flexibility index (Phi) is 5.44. The number of halogens is 2. The van der Waals surface area contributed by atoms with Gasteiger partial charge in [-0.15, -0.1) is 0 Å². The topological polar surface area (TPSA) is 24.8 Å². The zero-order chi connectivity index (χ0) is 19.5. The molecule has 0 unspecified atom stereocenters. The van der Waals surface area contributed by atoms with Crippen LogP contribution >= 0.6 is 15.9 Å². The molecule has 1 atom stereocenters. The van der Waals surface area contributed by atoms with E-state index in [-0.39, 0.29) is 11.9 Å². The molecule has 1 aliphatic heterocycles. The number of hydrogen-bond acceptors (Lipinski definition) is 3. The molecule has 0 amide bonds. The third-order valence-electron chi connectivity index (χ3n) is 4.77. The summed E-state index contributed by atoms with van der Waals surface area (Å²) in [5, 5.41) is 6.79. The van der Waals surface area contributed by atoms with Crippen molar-refractivity contribution in [3.63, 3.8) is 0 Å². The molecule has 0 N–H and O–H groups in total. The fourth-order valence-corrected chi connectivity index (χ4v) is 3.91. The van der Waals surface area contributed by atoms with Crippen LogP contribution in [0.1, 0.15) is 30.5 Å². The van der Waals surface area contributed by atoms with Crippen molar-refractivity contribution in [1.82, 2.24) is 0 Å². The number of ether oxygens (including phenoxy) is 1. The van der Waals surface area contributed by atoms with Crippen LogP contribution in [0.25, 0.3) is 0 Å². The van der Waals surface area contributed by atoms with Crippen LogP contribution in [0.2, 0.25) is 0 Å². The van der Waals surface area contributed by atoms with E-state index in [1.165, 1.54) is 6.07 Å². The van der Waals surface area contributed by atoms with Gasteiger partial charge in [-0.3, -0.25) is 5.01 Å². The van der Waals surface area contributed by atoms with Crippen molar-refractivity contribution in [1.29, 1.82) is 0 Å². The van der Waals surface area contributed by atoms with Crippen molar-refractivity contribution in [2.45, 2.75) is 19.4 Å². The van der Waals surface area contributed by atoms with E-state index in [2.05, 4.69) is 15.9 Å². The number of nitrogens with zero attached hydrogens (tertiary/aromatic N) is 2. The Morgan fingerprint density at radius 3 is 2.46 bits per heavy atom. The highest BCUT2D eigenvalue weighted by Crippen LogP contribution is 2.40. The molecular weight excluding hydrogens is 419 g/mol. The van der Waals surface area contributed by atoms with E-state index >= 15 is 0 Å². The summed E-state index contributed by atoms with van der Waals surface area (Å²) < 4.78 is 21.0. The number of benzene rings is 3. The molecule has 3 nitrogen and oxygen atoms in total. The fraction of sp³-hybridized carbons (Fsp3) is 0.174. The van der Waals surface area contributed by atoms with Gasteiger partial charge in [0.25, 0.3) is 0 Å². The van der Waals surface area contributed by atoms with Crippen LogP contribution in [0.5, 0.6) is 5.75 Å². The van der Waals surface area contributed by atoms with Crippen molar-refractivity contribution in [3.8, 4) is 5.75 Å². The minimum atomic E-state index is -0.215. The van der Waals surface area contributed by atoms with Gasteiger partial charge in [0.1, 0.15) is 11.6 Å². The van der Waals surface area contributed by atoms with Crippen LogP contribution < -0.4 is 9.75 Å². The van der Waals surface area contributed by atoms with Gasteiger partial charge in [-0.25, -0.2) is 4.39 Å². The Balaban J connectivity index is 1.74. The van der Waals surface area contributed by atoms with E-state index < -0.39 is 0 Å². The lowest BCUT2D eigenvalue weighted by Gasteiger charge is -2.25. The maximum atomic E-state index is 14.6. The van der Waals surface area contributed by atoms with E-state index in [1.54, 1.807) is 6.07 Å². The Morgan fingerprint density at radius 1 is 1.04 bits per heavy atom. The monoisotopic (exact) mass is 438 g/mol. The first kappa shape index (κ1) is 18.7. The van der Waals surface area contributed by atoms with Crippen LogP contribution in [0, 0.1) is 5.82 Å². The van der Waals surface area contributed by atoms with Crippen LogP contribution in [-0.4, -0.2) is 12.3 Å². The molecule has 5 heteroatoms. The van der Waals surface area contributed by atoms with Gasteiger partial charge in [-0.1, -0.05) is 30.3 Å².